The van der Waals surface area contributed by atoms with E-state index in [-0.39, 0.29) is 18.8 Å². The first kappa shape index (κ1) is 17.0. The minimum Gasteiger partial charge on any atom is -0.493 e. The third kappa shape index (κ3) is 6.26. The van der Waals surface area contributed by atoms with Crippen molar-refractivity contribution in [1.82, 2.24) is 0 Å². The van der Waals surface area contributed by atoms with Gasteiger partial charge in [0.15, 0.2) is 15.8 Å². The van der Waals surface area contributed by atoms with Crippen LogP contribution in [0.25, 0.3) is 0 Å². The Balaban J connectivity index is 2.61. The van der Waals surface area contributed by atoms with E-state index in [4.69, 9.17) is 14.9 Å². The molecule has 116 valence electrons. The summed E-state index contributed by atoms with van der Waals surface area (Å²) in [6, 6.07) is 6.18. The molecule has 7 nitrogen and oxygen atoms in total. The molecular formula is C13H16O7S. The number of hydrogen-bond donors (Lipinski definition) is 2. The summed E-state index contributed by atoms with van der Waals surface area (Å²) in [5.41, 5.74) is 0.542. The van der Waals surface area contributed by atoms with Crippen LogP contribution >= 0.6 is 0 Å². The van der Waals surface area contributed by atoms with E-state index in [2.05, 4.69) is 0 Å². The Morgan fingerprint density at radius 2 is 1.67 bits per heavy atom. The minimum atomic E-state index is -3.09. The van der Waals surface area contributed by atoms with Crippen molar-refractivity contribution in [1.29, 1.82) is 0 Å². The largest absolute Gasteiger partial charge is 0.493 e. The van der Waals surface area contributed by atoms with Gasteiger partial charge in [0.05, 0.1) is 5.75 Å². The molecule has 0 saturated heterocycles. The molecule has 0 saturated carbocycles. The first-order valence-electron chi connectivity index (χ1n) is 6.04. The van der Waals surface area contributed by atoms with Crippen LogP contribution in [0.15, 0.2) is 24.3 Å². The molecule has 0 unspecified atom stereocenters. The maximum atomic E-state index is 10.9. The Kier molecular flexibility index (Phi) is 5.71. The molecule has 0 spiro atoms. The highest BCUT2D eigenvalue weighted by molar-refractivity contribution is 7.90. The van der Waals surface area contributed by atoms with Gasteiger partial charge in [-0.15, -0.1) is 0 Å². The van der Waals surface area contributed by atoms with E-state index in [1.54, 1.807) is 24.3 Å². The third-order valence-electron chi connectivity index (χ3n) is 2.68. The molecular weight excluding hydrogens is 300 g/mol. The Hall–Kier alpha value is -2.09. The van der Waals surface area contributed by atoms with Crippen LogP contribution in [0.1, 0.15) is 5.56 Å². The first-order chi connectivity index (χ1) is 9.69. The summed E-state index contributed by atoms with van der Waals surface area (Å²) >= 11 is 0. The predicted molar refractivity (Wildman–Crippen MR) is 74.1 cm³/mol. The van der Waals surface area contributed by atoms with Crippen molar-refractivity contribution in [3.05, 3.63) is 29.8 Å². The van der Waals surface area contributed by atoms with Gasteiger partial charge in [-0.25, -0.2) is 8.42 Å². The fourth-order valence-corrected chi connectivity index (χ4v) is 1.93. The van der Waals surface area contributed by atoms with E-state index >= 15 is 0 Å². The lowest BCUT2D eigenvalue weighted by Gasteiger charge is -2.09. The average molecular weight is 316 g/mol. The van der Waals surface area contributed by atoms with Crippen molar-refractivity contribution in [3.8, 4) is 5.75 Å². The quantitative estimate of drug-likeness (QED) is 0.668. The van der Waals surface area contributed by atoms with Gasteiger partial charge in [0, 0.05) is 6.26 Å². The Bertz CT molecular complexity index is 590. The SMILES string of the molecule is CS(=O)(=O)CCOc1ccc(CC(C(=O)O)C(=O)O)cc1. The summed E-state index contributed by atoms with van der Waals surface area (Å²) in [7, 11) is -3.09. The topological polar surface area (TPSA) is 118 Å². The normalized spacial score (nSPS) is 11.3. The van der Waals surface area contributed by atoms with Gasteiger partial charge in [0.25, 0.3) is 0 Å². The van der Waals surface area contributed by atoms with E-state index in [1.165, 1.54) is 0 Å². The molecule has 0 radical (unpaired) electrons. The molecule has 0 heterocycles. The number of benzene rings is 1. The van der Waals surface area contributed by atoms with Crippen LogP contribution in [-0.4, -0.2) is 49.2 Å². The van der Waals surface area contributed by atoms with Crippen LogP contribution in [0.4, 0.5) is 0 Å². The Morgan fingerprint density at radius 1 is 1.14 bits per heavy atom. The second-order valence-corrected chi connectivity index (χ2v) is 6.82. The van der Waals surface area contributed by atoms with Crippen molar-refractivity contribution >= 4 is 21.8 Å². The van der Waals surface area contributed by atoms with Crippen molar-refractivity contribution in [2.45, 2.75) is 6.42 Å². The number of carbonyl (C=O) groups is 2. The van der Waals surface area contributed by atoms with Gasteiger partial charge in [0.1, 0.15) is 12.4 Å². The highest BCUT2D eigenvalue weighted by Crippen LogP contribution is 2.15. The van der Waals surface area contributed by atoms with Gasteiger partial charge in [-0.1, -0.05) is 12.1 Å². The molecule has 0 aromatic heterocycles. The lowest BCUT2D eigenvalue weighted by atomic mass is 10.00. The zero-order valence-corrected chi connectivity index (χ0v) is 12.2. The first-order valence-corrected chi connectivity index (χ1v) is 8.10. The summed E-state index contributed by atoms with van der Waals surface area (Å²) in [5, 5.41) is 17.6. The van der Waals surface area contributed by atoms with E-state index < -0.39 is 27.7 Å². The number of sulfone groups is 1. The van der Waals surface area contributed by atoms with Crippen molar-refractivity contribution in [2.75, 3.05) is 18.6 Å². The van der Waals surface area contributed by atoms with E-state index in [0.29, 0.717) is 11.3 Å². The molecule has 0 aliphatic heterocycles. The zero-order chi connectivity index (χ0) is 16.0. The van der Waals surface area contributed by atoms with E-state index in [1.807, 2.05) is 0 Å². The summed E-state index contributed by atoms with van der Waals surface area (Å²) < 4.78 is 27.1. The fraction of sp³-hybridized carbons (Fsp3) is 0.385. The lowest BCUT2D eigenvalue weighted by molar-refractivity contribution is -0.154. The summed E-state index contributed by atoms with van der Waals surface area (Å²) in [6.45, 7) is 0.0189. The third-order valence-corrected chi connectivity index (χ3v) is 3.59. The molecule has 21 heavy (non-hydrogen) atoms. The molecule has 0 aliphatic carbocycles. The number of aliphatic carboxylic acids is 2. The maximum Gasteiger partial charge on any atom is 0.318 e. The molecule has 1 rings (SSSR count). The molecule has 0 bridgehead atoms. The standard InChI is InChI=1S/C13H16O7S/c1-21(18,19)7-6-20-10-4-2-9(3-5-10)8-11(12(14)15)13(16)17/h2-5,11H,6-8H2,1H3,(H,14,15)(H,16,17). The van der Waals surface area contributed by atoms with Gasteiger partial charge in [0.2, 0.25) is 0 Å². The van der Waals surface area contributed by atoms with E-state index in [9.17, 15) is 18.0 Å². The van der Waals surface area contributed by atoms with Gasteiger partial charge in [-0.3, -0.25) is 9.59 Å². The Morgan fingerprint density at radius 3 is 2.10 bits per heavy atom. The number of hydrogen-bond acceptors (Lipinski definition) is 5. The lowest BCUT2D eigenvalue weighted by Crippen LogP contribution is -2.25. The van der Waals surface area contributed by atoms with Crippen LogP contribution in [0.5, 0.6) is 5.75 Å². The number of rotatable bonds is 8. The molecule has 0 aliphatic rings. The molecule has 0 fully saturated rings. The van der Waals surface area contributed by atoms with Crippen LogP contribution in [0.2, 0.25) is 0 Å². The second-order valence-electron chi connectivity index (χ2n) is 4.56. The molecule has 1 aromatic carbocycles. The van der Waals surface area contributed by atoms with Gasteiger partial charge < -0.3 is 14.9 Å². The van der Waals surface area contributed by atoms with Crippen LogP contribution in [-0.2, 0) is 25.8 Å². The summed E-state index contributed by atoms with van der Waals surface area (Å²) in [4.78, 5) is 21.6. The molecule has 1 aromatic rings. The van der Waals surface area contributed by atoms with Gasteiger partial charge in [-0.05, 0) is 24.1 Å². The van der Waals surface area contributed by atoms with Crippen molar-refractivity contribution in [2.24, 2.45) is 5.92 Å². The Labute approximate surface area is 122 Å². The summed E-state index contributed by atoms with van der Waals surface area (Å²) in [6.07, 6.45) is 0.978. The smallest absolute Gasteiger partial charge is 0.318 e. The molecule has 8 heteroatoms. The van der Waals surface area contributed by atoms with E-state index in [0.717, 1.165) is 6.26 Å². The highest BCUT2D eigenvalue weighted by atomic mass is 32.2. The van der Waals surface area contributed by atoms with Crippen LogP contribution in [0.3, 0.4) is 0 Å². The number of carboxylic acids is 2. The predicted octanol–water partition coefficient (Wildman–Crippen LogP) is 0.438. The fourth-order valence-electron chi connectivity index (χ4n) is 1.55. The number of ether oxygens (including phenoxy) is 1. The second kappa shape index (κ2) is 7.07. The number of carboxylic acid groups (broad SMARTS) is 2. The van der Waals surface area contributed by atoms with Crippen LogP contribution in [0, 0.1) is 5.92 Å². The van der Waals surface area contributed by atoms with Gasteiger partial charge >= 0.3 is 11.9 Å². The average Bonchev–Trinajstić information content (AvgIpc) is 2.35. The van der Waals surface area contributed by atoms with Crippen molar-refractivity contribution in [3.63, 3.8) is 0 Å². The van der Waals surface area contributed by atoms with Gasteiger partial charge in [-0.2, -0.15) is 0 Å². The zero-order valence-electron chi connectivity index (χ0n) is 11.4. The maximum absolute atomic E-state index is 10.9. The minimum absolute atomic E-state index is 0.0189. The molecule has 0 atom stereocenters. The summed E-state index contributed by atoms with van der Waals surface area (Å²) in [5.74, 6) is -3.95. The highest BCUT2D eigenvalue weighted by Gasteiger charge is 2.25. The molecule has 2 N–H and O–H groups in total. The monoisotopic (exact) mass is 316 g/mol. The molecule has 0 amide bonds. The van der Waals surface area contributed by atoms with Crippen LogP contribution < -0.4 is 4.74 Å². The van der Waals surface area contributed by atoms with Crippen molar-refractivity contribution < 1.29 is 33.0 Å².